The van der Waals surface area contributed by atoms with Crippen molar-refractivity contribution in [2.75, 3.05) is 46.3 Å². The number of aromatic nitrogens is 2. The minimum Gasteiger partial charge on any atom is -0.495 e. The molecule has 1 aliphatic rings. The summed E-state index contributed by atoms with van der Waals surface area (Å²) in [7, 11) is 4.70. The molecule has 1 aliphatic heterocycles. The summed E-state index contributed by atoms with van der Waals surface area (Å²) < 4.78 is 16.4. The number of anilines is 2. The van der Waals surface area contributed by atoms with Crippen molar-refractivity contribution in [2.45, 2.75) is 6.54 Å². The lowest BCUT2D eigenvalue weighted by atomic mass is 10.1. The van der Waals surface area contributed by atoms with E-state index in [1.165, 1.54) is 7.11 Å². The van der Waals surface area contributed by atoms with E-state index >= 15 is 0 Å². The van der Waals surface area contributed by atoms with E-state index in [1.54, 1.807) is 38.6 Å². The number of carbonyl (C=O) groups excluding carboxylic acids is 1. The summed E-state index contributed by atoms with van der Waals surface area (Å²) in [5, 5.41) is 15.5. The molecule has 10 nitrogen and oxygen atoms in total. The van der Waals surface area contributed by atoms with Gasteiger partial charge in [-0.3, -0.25) is 9.69 Å². The molecule has 2 heterocycles. The van der Waals surface area contributed by atoms with Crippen LogP contribution in [0.25, 0.3) is 11.3 Å². The van der Waals surface area contributed by atoms with Crippen molar-refractivity contribution in [3.63, 3.8) is 0 Å². The molecule has 0 radical (unpaired) electrons. The van der Waals surface area contributed by atoms with Gasteiger partial charge in [0.1, 0.15) is 11.8 Å². The average Bonchev–Trinajstić information content (AvgIpc) is 2.88. The van der Waals surface area contributed by atoms with Crippen LogP contribution in [0.2, 0.25) is 0 Å². The van der Waals surface area contributed by atoms with Crippen LogP contribution in [0.5, 0.6) is 17.2 Å². The molecule has 0 saturated carbocycles. The average molecular weight is 475 g/mol. The highest BCUT2D eigenvalue weighted by molar-refractivity contribution is 5.78. The second-order valence-electron chi connectivity index (χ2n) is 7.85. The maximum atomic E-state index is 11.8. The summed E-state index contributed by atoms with van der Waals surface area (Å²) in [6, 6.07) is 13.0. The second-order valence-corrected chi connectivity index (χ2v) is 7.85. The van der Waals surface area contributed by atoms with Crippen molar-refractivity contribution < 1.29 is 19.0 Å². The molecule has 180 valence electrons. The van der Waals surface area contributed by atoms with Gasteiger partial charge in [0.25, 0.3) is 0 Å². The third-order valence-electron chi connectivity index (χ3n) is 5.59. The third kappa shape index (κ3) is 5.42. The first-order valence-electron chi connectivity index (χ1n) is 11.0. The van der Waals surface area contributed by atoms with Crippen molar-refractivity contribution >= 4 is 17.5 Å². The number of carbonyl (C=O) groups is 1. The van der Waals surface area contributed by atoms with Crippen molar-refractivity contribution in [2.24, 2.45) is 0 Å². The zero-order chi connectivity index (χ0) is 24.8. The predicted molar refractivity (Wildman–Crippen MR) is 130 cm³/mol. The quantitative estimate of drug-likeness (QED) is 0.507. The molecule has 1 amide bonds. The Morgan fingerprint density at radius 3 is 2.66 bits per heavy atom. The van der Waals surface area contributed by atoms with E-state index in [1.807, 2.05) is 23.1 Å². The number of ether oxygens (including phenoxy) is 3. The Labute approximate surface area is 203 Å². The molecule has 10 heteroatoms. The summed E-state index contributed by atoms with van der Waals surface area (Å²) in [5.74, 6) is 2.06. The zero-order valence-electron chi connectivity index (χ0n) is 19.8. The van der Waals surface area contributed by atoms with Crippen LogP contribution in [0, 0.1) is 11.3 Å². The van der Waals surface area contributed by atoms with Gasteiger partial charge in [0, 0.05) is 48.7 Å². The molecule has 4 rings (SSSR count). The molecule has 0 unspecified atom stereocenters. The first-order valence-corrected chi connectivity index (χ1v) is 11.0. The van der Waals surface area contributed by atoms with Gasteiger partial charge < -0.3 is 24.8 Å². The van der Waals surface area contributed by atoms with Gasteiger partial charge >= 0.3 is 0 Å². The van der Waals surface area contributed by atoms with Gasteiger partial charge in [0.05, 0.1) is 39.1 Å². The van der Waals surface area contributed by atoms with Gasteiger partial charge in [0.2, 0.25) is 11.9 Å². The number of hydrogen-bond donors (Lipinski definition) is 2. The molecular formula is C25H26N6O4. The number of rotatable bonds is 8. The number of amides is 1. The van der Waals surface area contributed by atoms with Gasteiger partial charge in [-0.1, -0.05) is 0 Å². The lowest BCUT2D eigenvalue weighted by molar-refractivity contribution is -0.124. The standard InChI is InChI=1S/C25H26N6O4/c1-33-21-5-4-16(10-17(21)13-26)20-6-7-28-25(30-20)29-19-11-18(24(35-3)22(12-19)34-2)14-31-9-8-27-23(32)15-31/h4-7,10-12H,8-9,14-15H2,1-3H3,(H,27,32)(H,28,29,30). The number of hydrogen-bond acceptors (Lipinski definition) is 9. The zero-order valence-corrected chi connectivity index (χ0v) is 19.8. The number of benzene rings is 2. The Bertz CT molecular complexity index is 1270. The molecule has 0 bridgehead atoms. The van der Waals surface area contributed by atoms with Crippen molar-refractivity contribution in [3.05, 3.63) is 53.7 Å². The van der Waals surface area contributed by atoms with Gasteiger partial charge in [0.15, 0.2) is 11.5 Å². The molecule has 0 atom stereocenters. The van der Waals surface area contributed by atoms with Gasteiger partial charge in [-0.15, -0.1) is 0 Å². The molecule has 1 fully saturated rings. The fraction of sp³-hybridized carbons (Fsp3) is 0.280. The predicted octanol–water partition coefficient (Wildman–Crippen LogP) is 2.72. The van der Waals surface area contributed by atoms with Crippen LogP contribution in [0.4, 0.5) is 11.6 Å². The highest BCUT2D eigenvalue weighted by Crippen LogP contribution is 2.36. The molecule has 0 spiro atoms. The van der Waals surface area contributed by atoms with E-state index in [9.17, 15) is 10.1 Å². The first kappa shape index (κ1) is 23.8. The molecule has 1 saturated heterocycles. The van der Waals surface area contributed by atoms with E-state index in [4.69, 9.17) is 14.2 Å². The van der Waals surface area contributed by atoms with Crippen LogP contribution >= 0.6 is 0 Å². The maximum Gasteiger partial charge on any atom is 0.234 e. The van der Waals surface area contributed by atoms with E-state index in [0.717, 1.165) is 17.7 Å². The third-order valence-corrected chi connectivity index (χ3v) is 5.59. The fourth-order valence-electron chi connectivity index (χ4n) is 3.96. The van der Waals surface area contributed by atoms with Crippen LogP contribution in [0.3, 0.4) is 0 Å². The maximum absolute atomic E-state index is 11.8. The summed E-state index contributed by atoms with van der Waals surface area (Å²) in [4.78, 5) is 22.8. The van der Waals surface area contributed by atoms with E-state index in [0.29, 0.717) is 59.8 Å². The Kier molecular flexibility index (Phi) is 7.28. The van der Waals surface area contributed by atoms with Crippen LogP contribution in [-0.2, 0) is 11.3 Å². The van der Waals surface area contributed by atoms with Crippen LogP contribution < -0.4 is 24.8 Å². The smallest absolute Gasteiger partial charge is 0.234 e. The largest absolute Gasteiger partial charge is 0.495 e. The Hall–Kier alpha value is -4.36. The van der Waals surface area contributed by atoms with Gasteiger partial charge in [-0.2, -0.15) is 5.26 Å². The number of piperazine rings is 1. The summed E-state index contributed by atoms with van der Waals surface area (Å²) in [5.41, 5.74) is 3.43. The topological polar surface area (TPSA) is 122 Å². The fourth-order valence-corrected chi connectivity index (χ4v) is 3.96. The molecule has 35 heavy (non-hydrogen) atoms. The lowest BCUT2D eigenvalue weighted by Crippen LogP contribution is -2.47. The highest BCUT2D eigenvalue weighted by Gasteiger charge is 2.20. The first-order chi connectivity index (χ1) is 17.0. The Morgan fingerprint density at radius 1 is 1.11 bits per heavy atom. The summed E-state index contributed by atoms with van der Waals surface area (Å²) in [6.45, 7) is 2.19. The van der Waals surface area contributed by atoms with Gasteiger partial charge in [-0.25, -0.2) is 9.97 Å². The number of nitriles is 1. The van der Waals surface area contributed by atoms with E-state index in [2.05, 4.69) is 26.7 Å². The molecule has 1 aromatic heterocycles. The summed E-state index contributed by atoms with van der Waals surface area (Å²) >= 11 is 0. The minimum atomic E-state index is -0.000219. The number of nitrogens with one attached hydrogen (secondary N) is 2. The highest BCUT2D eigenvalue weighted by atomic mass is 16.5. The van der Waals surface area contributed by atoms with Crippen LogP contribution in [-0.4, -0.2) is 61.7 Å². The minimum absolute atomic E-state index is 0.000219. The van der Waals surface area contributed by atoms with Crippen molar-refractivity contribution in [1.82, 2.24) is 20.2 Å². The normalized spacial score (nSPS) is 13.5. The molecule has 2 N–H and O–H groups in total. The Morgan fingerprint density at radius 2 is 1.94 bits per heavy atom. The molecule has 3 aromatic rings. The van der Waals surface area contributed by atoms with Crippen LogP contribution in [0.1, 0.15) is 11.1 Å². The molecular weight excluding hydrogens is 448 g/mol. The Balaban J connectivity index is 1.62. The molecule has 2 aromatic carbocycles. The molecule has 0 aliphatic carbocycles. The van der Waals surface area contributed by atoms with Crippen LogP contribution in [0.15, 0.2) is 42.6 Å². The lowest BCUT2D eigenvalue weighted by Gasteiger charge is -2.27. The SMILES string of the molecule is COc1ccc(-c2ccnc(Nc3cc(CN4CCNC(=O)C4)c(OC)c(OC)c3)n2)cc1C#N. The monoisotopic (exact) mass is 474 g/mol. The number of nitrogens with zero attached hydrogens (tertiary/aromatic N) is 4. The summed E-state index contributed by atoms with van der Waals surface area (Å²) in [6.07, 6.45) is 1.65. The van der Waals surface area contributed by atoms with Crippen molar-refractivity contribution in [3.8, 4) is 34.6 Å². The van der Waals surface area contributed by atoms with Gasteiger partial charge in [-0.05, 0) is 30.3 Å². The van der Waals surface area contributed by atoms with E-state index in [-0.39, 0.29) is 5.91 Å². The second kappa shape index (κ2) is 10.7. The van der Waals surface area contributed by atoms with E-state index < -0.39 is 0 Å². The van der Waals surface area contributed by atoms with Crippen molar-refractivity contribution in [1.29, 1.82) is 5.26 Å². The number of methoxy groups -OCH3 is 3.